The maximum atomic E-state index is 12.4. The van der Waals surface area contributed by atoms with Gasteiger partial charge in [-0.2, -0.15) is 0 Å². The Hall–Kier alpha value is -1.34. The van der Waals surface area contributed by atoms with Crippen LogP contribution in [0.5, 0.6) is 0 Å². The monoisotopic (exact) mass is 352 g/mol. The third-order valence-electron chi connectivity index (χ3n) is 5.99. The average molecular weight is 352 g/mol. The topological polar surface area (TPSA) is 76.1 Å². The largest absolute Gasteiger partial charge is 0.480 e. The van der Waals surface area contributed by atoms with Gasteiger partial charge >= 0.3 is 12.0 Å². The van der Waals surface area contributed by atoms with E-state index in [-0.39, 0.29) is 24.7 Å². The van der Waals surface area contributed by atoms with Gasteiger partial charge in [0.2, 0.25) is 0 Å². The van der Waals surface area contributed by atoms with Gasteiger partial charge in [-0.25, -0.2) is 4.79 Å². The second-order valence-corrected chi connectivity index (χ2v) is 7.84. The van der Waals surface area contributed by atoms with E-state index in [0.717, 1.165) is 45.4 Å². The molecule has 3 aliphatic rings. The van der Waals surface area contributed by atoms with E-state index in [4.69, 9.17) is 5.11 Å². The minimum atomic E-state index is -0.782. The molecule has 0 aromatic heterocycles. The Morgan fingerprint density at radius 2 is 1.92 bits per heavy atom. The molecule has 0 bridgehead atoms. The summed E-state index contributed by atoms with van der Waals surface area (Å²) in [5, 5.41) is 12.1. The van der Waals surface area contributed by atoms with Crippen molar-refractivity contribution in [2.75, 3.05) is 45.8 Å². The standard InChI is InChI=1S/C18H32N4O3/c1-2-21(13-17(23)24)16-9-15(10-16)19-18(25)22-8-5-14(12-22)11-20-6-3-4-7-20/h14-16H,2-13H2,1H3,(H,19,25)(H,23,24). The molecule has 2 aliphatic heterocycles. The normalized spacial score (nSPS) is 29.8. The Kier molecular flexibility index (Phi) is 6.17. The first-order chi connectivity index (χ1) is 12.0. The van der Waals surface area contributed by atoms with E-state index in [1.165, 1.54) is 25.9 Å². The zero-order valence-electron chi connectivity index (χ0n) is 15.3. The predicted octanol–water partition coefficient (Wildman–Crippen LogP) is 1.05. The summed E-state index contributed by atoms with van der Waals surface area (Å²) in [6, 6.07) is 0.541. The van der Waals surface area contributed by atoms with Gasteiger partial charge in [-0.05, 0) is 57.7 Å². The predicted molar refractivity (Wildman–Crippen MR) is 95.6 cm³/mol. The van der Waals surface area contributed by atoms with Gasteiger partial charge in [-0.3, -0.25) is 9.69 Å². The summed E-state index contributed by atoms with van der Waals surface area (Å²) in [5.41, 5.74) is 0. The van der Waals surface area contributed by atoms with Gasteiger partial charge in [0.05, 0.1) is 6.54 Å². The van der Waals surface area contributed by atoms with E-state index in [2.05, 4.69) is 10.2 Å². The van der Waals surface area contributed by atoms with Crippen LogP contribution in [0.15, 0.2) is 0 Å². The highest BCUT2D eigenvalue weighted by atomic mass is 16.4. The van der Waals surface area contributed by atoms with Crippen LogP contribution in [0, 0.1) is 5.92 Å². The van der Waals surface area contributed by atoms with Gasteiger partial charge in [-0.15, -0.1) is 0 Å². The smallest absolute Gasteiger partial charge is 0.317 e. The van der Waals surface area contributed by atoms with Crippen molar-refractivity contribution in [3.05, 3.63) is 0 Å². The molecule has 3 rings (SSSR count). The molecule has 0 aromatic rings. The third-order valence-corrected chi connectivity index (χ3v) is 5.99. The number of hydrogen-bond acceptors (Lipinski definition) is 4. The Morgan fingerprint density at radius 1 is 1.20 bits per heavy atom. The highest BCUT2D eigenvalue weighted by Gasteiger charge is 2.36. The van der Waals surface area contributed by atoms with Gasteiger partial charge in [0.25, 0.3) is 0 Å². The van der Waals surface area contributed by atoms with Crippen molar-refractivity contribution in [2.45, 2.75) is 51.1 Å². The first-order valence-electron chi connectivity index (χ1n) is 9.78. The molecule has 0 aromatic carbocycles. The number of aliphatic carboxylic acids is 1. The number of urea groups is 1. The van der Waals surface area contributed by atoms with Crippen LogP contribution in [-0.2, 0) is 4.79 Å². The lowest BCUT2D eigenvalue weighted by atomic mass is 9.85. The number of likely N-dealkylation sites (tertiary alicyclic amines) is 2. The summed E-state index contributed by atoms with van der Waals surface area (Å²) < 4.78 is 0. The Morgan fingerprint density at radius 3 is 2.56 bits per heavy atom. The summed E-state index contributed by atoms with van der Waals surface area (Å²) in [6.07, 6.45) is 5.46. The minimum Gasteiger partial charge on any atom is -0.480 e. The van der Waals surface area contributed by atoms with Crippen LogP contribution in [-0.4, -0.2) is 89.7 Å². The molecule has 1 atom stereocenters. The summed E-state index contributed by atoms with van der Waals surface area (Å²) in [5.74, 6) is -0.167. The quantitative estimate of drug-likeness (QED) is 0.716. The Balaban J connectivity index is 1.35. The van der Waals surface area contributed by atoms with E-state index in [9.17, 15) is 9.59 Å². The van der Waals surface area contributed by atoms with E-state index >= 15 is 0 Å². The molecule has 2 amide bonds. The lowest BCUT2D eigenvalue weighted by Gasteiger charge is -2.42. The zero-order valence-corrected chi connectivity index (χ0v) is 15.3. The van der Waals surface area contributed by atoms with Crippen LogP contribution in [0.4, 0.5) is 4.79 Å². The van der Waals surface area contributed by atoms with Gasteiger partial charge < -0.3 is 20.2 Å². The van der Waals surface area contributed by atoms with Crippen molar-refractivity contribution in [1.29, 1.82) is 0 Å². The maximum Gasteiger partial charge on any atom is 0.317 e. The number of nitrogens with one attached hydrogen (secondary N) is 1. The van der Waals surface area contributed by atoms with Crippen molar-refractivity contribution >= 4 is 12.0 Å². The van der Waals surface area contributed by atoms with Crippen molar-refractivity contribution in [2.24, 2.45) is 5.92 Å². The highest BCUT2D eigenvalue weighted by Crippen LogP contribution is 2.26. The molecule has 7 nitrogen and oxygen atoms in total. The van der Waals surface area contributed by atoms with Gasteiger partial charge in [0.1, 0.15) is 0 Å². The molecule has 1 aliphatic carbocycles. The van der Waals surface area contributed by atoms with Crippen LogP contribution in [0.1, 0.15) is 39.0 Å². The fourth-order valence-corrected chi connectivity index (χ4v) is 4.44. The summed E-state index contributed by atoms with van der Waals surface area (Å²) in [7, 11) is 0. The van der Waals surface area contributed by atoms with Crippen molar-refractivity contribution in [3.8, 4) is 0 Å². The SMILES string of the molecule is CCN(CC(=O)O)C1CC(NC(=O)N2CCC(CN3CCCC3)C2)C1. The van der Waals surface area contributed by atoms with Gasteiger partial charge in [0.15, 0.2) is 0 Å². The number of amides is 2. The first-order valence-corrected chi connectivity index (χ1v) is 9.78. The van der Waals surface area contributed by atoms with Crippen molar-refractivity contribution in [1.82, 2.24) is 20.0 Å². The summed E-state index contributed by atoms with van der Waals surface area (Å²) in [6.45, 7) is 8.12. The van der Waals surface area contributed by atoms with E-state index < -0.39 is 5.97 Å². The number of carbonyl (C=O) groups excluding carboxylic acids is 1. The number of carboxylic acid groups (broad SMARTS) is 1. The molecule has 0 radical (unpaired) electrons. The lowest BCUT2D eigenvalue weighted by Crippen LogP contribution is -2.56. The number of carbonyl (C=O) groups is 2. The zero-order chi connectivity index (χ0) is 17.8. The maximum absolute atomic E-state index is 12.4. The van der Waals surface area contributed by atoms with Crippen LogP contribution in [0.2, 0.25) is 0 Å². The molecule has 0 spiro atoms. The molecule has 3 fully saturated rings. The second kappa shape index (κ2) is 8.36. The fourth-order valence-electron chi connectivity index (χ4n) is 4.44. The molecule has 25 heavy (non-hydrogen) atoms. The molecule has 2 N–H and O–H groups in total. The van der Waals surface area contributed by atoms with Crippen LogP contribution < -0.4 is 5.32 Å². The number of rotatable bonds is 7. The van der Waals surface area contributed by atoms with Gasteiger partial charge in [-0.1, -0.05) is 6.92 Å². The number of hydrogen-bond donors (Lipinski definition) is 2. The third kappa shape index (κ3) is 4.85. The van der Waals surface area contributed by atoms with E-state index in [1.807, 2.05) is 16.7 Å². The molecule has 1 unspecified atom stereocenters. The minimum absolute atomic E-state index is 0.0636. The number of nitrogens with zero attached hydrogens (tertiary/aromatic N) is 3. The van der Waals surface area contributed by atoms with E-state index in [1.54, 1.807) is 0 Å². The Labute approximate surface area is 150 Å². The van der Waals surface area contributed by atoms with Crippen LogP contribution >= 0.6 is 0 Å². The Bertz CT molecular complexity index is 475. The molecule has 2 saturated heterocycles. The molecular weight excluding hydrogens is 320 g/mol. The number of likely N-dealkylation sites (N-methyl/N-ethyl adjacent to an activating group) is 1. The first kappa shape index (κ1) is 18.5. The van der Waals surface area contributed by atoms with E-state index in [0.29, 0.717) is 5.92 Å². The van der Waals surface area contributed by atoms with Crippen LogP contribution in [0.3, 0.4) is 0 Å². The number of carboxylic acids is 1. The van der Waals surface area contributed by atoms with Crippen molar-refractivity contribution in [3.63, 3.8) is 0 Å². The second-order valence-electron chi connectivity index (χ2n) is 7.84. The molecule has 2 heterocycles. The molecular formula is C18H32N4O3. The highest BCUT2D eigenvalue weighted by molar-refractivity contribution is 5.75. The average Bonchev–Trinajstić information content (AvgIpc) is 3.20. The molecule has 7 heteroatoms. The fraction of sp³-hybridized carbons (Fsp3) is 0.889. The van der Waals surface area contributed by atoms with Crippen molar-refractivity contribution < 1.29 is 14.7 Å². The van der Waals surface area contributed by atoms with Crippen LogP contribution in [0.25, 0.3) is 0 Å². The lowest BCUT2D eigenvalue weighted by molar-refractivity contribution is -0.139. The summed E-state index contributed by atoms with van der Waals surface area (Å²) in [4.78, 5) is 29.8. The summed E-state index contributed by atoms with van der Waals surface area (Å²) >= 11 is 0. The molecule has 142 valence electrons. The molecule has 1 saturated carbocycles. The van der Waals surface area contributed by atoms with Gasteiger partial charge in [0, 0.05) is 31.7 Å².